The molecule has 7 rings (SSSR count). The predicted molar refractivity (Wildman–Crippen MR) is 198 cm³/mol. The van der Waals surface area contributed by atoms with Crippen LogP contribution in [-0.4, -0.2) is 113 Å². The molecule has 0 radical (unpaired) electrons. The molecule has 4 N–H and O–H groups in total. The number of benzene rings is 2. The number of rotatable bonds is 15. The summed E-state index contributed by atoms with van der Waals surface area (Å²) in [6, 6.07) is 13.7. The molecule has 15 heteroatoms. The minimum atomic E-state index is -1.44. The number of hydroxylamine groups is 2. The molecule has 56 heavy (non-hydrogen) atoms. The van der Waals surface area contributed by atoms with E-state index in [-0.39, 0.29) is 58.6 Å². The highest BCUT2D eigenvalue weighted by Gasteiger charge is 2.76. The van der Waals surface area contributed by atoms with Gasteiger partial charge in [0.05, 0.1) is 32.1 Å². The number of amides is 2. The molecule has 1 saturated carbocycles. The van der Waals surface area contributed by atoms with Crippen LogP contribution in [0.1, 0.15) is 68.7 Å². The van der Waals surface area contributed by atoms with Crippen LogP contribution in [0.4, 0.5) is 0 Å². The fraction of sp³-hybridized carbons (Fsp3) is 0.561. The van der Waals surface area contributed by atoms with E-state index in [4.69, 9.17) is 33.6 Å². The van der Waals surface area contributed by atoms with E-state index >= 15 is 0 Å². The first kappa shape index (κ1) is 39.8. The van der Waals surface area contributed by atoms with Gasteiger partial charge in [0.1, 0.15) is 42.0 Å². The Balaban J connectivity index is 1.08. The molecule has 2 aromatic rings. The number of esters is 2. The van der Waals surface area contributed by atoms with Gasteiger partial charge in [0, 0.05) is 38.6 Å². The molecule has 3 aliphatic heterocycles. The van der Waals surface area contributed by atoms with E-state index in [0.29, 0.717) is 12.8 Å². The Morgan fingerprint density at radius 1 is 1.04 bits per heavy atom. The van der Waals surface area contributed by atoms with Crippen molar-refractivity contribution in [1.29, 1.82) is 0 Å². The number of nitrogens with one attached hydrogen (secondary N) is 2. The van der Waals surface area contributed by atoms with Crippen LogP contribution in [0.5, 0.6) is 0 Å². The Hall–Kier alpha value is -4.38. The number of nitrogens with zero attached hydrogens (tertiary/aromatic N) is 1. The summed E-state index contributed by atoms with van der Waals surface area (Å²) in [5.41, 5.74) is 1.73. The lowest BCUT2D eigenvalue weighted by Gasteiger charge is -2.48. The maximum absolute atomic E-state index is 14.6. The Morgan fingerprint density at radius 2 is 1.79 bits per heavy atom. The van der Waals surface area contributed by atoms with Crippen LogP contribution in [0.3, 0.4) is 0 Å². The normalized spacial score (nSPS) is 27.7. The van der Waals surface area contributed by atoms with Crippen LogP contribution in [0.25, 0.3) is 6.08 Å². The lowest BCUT2D eigenvalue weighted by Crippen LogP contribution is -2.69. The molecule has 5 aliphatic rings. The summed E-state index contributed by atoms with van der Waals surface area (Å²) in [6.45, 7) is 5.04. The summed E-state index contributed by atoms with van der Waals surface area (Å²) in [4.78, 5) is 60.5. The molecule has 0 aromatic heterocycles. The van der Waals surface area contributed by atoms with Crippen molar-refractivity contribution in [1.82, 2.24) is 15.7 Å². The van der Waals surface area contributed by atoms with Gasteiger partial charge in [0.15, 0.2) is 11.8 Å². The molecule has 4 fully saturated rings. The molecule has 2 aromatic carbocycles. The quantitative estimate of drug-likeness (QED) is 0.117. The van der Waals surface area contributed by atoms with E-state index in [0.717, 1.165) is 22.3 Å². The average Bonchev–Trinajstić information content (AvgIpc) is 3.82. The van der Waals surface area contributed by atoms with Crippen LogP contribution in [-0.2, 0) is 67.1 Å². The van der Waals surface area contributed by atoms with Gasteiger partial charge in [0.25, 0.3) is 0 Å². The molecule has 15 nitrogen and oxygen atoms in total. The topological polar surface area (TPSA) is 191 Å². The van der Waals surface area contributed by atoms with Crippen LogP contribution in [0.2, 0.25) is 0 Å². The summed E-state index contributed by atoms with van der Waals surface area (Å²) in [7, 11) is 0. The fourth-order valence-corrected chi connectivity index (χ4v) is 8.63. The van der Waals surface area contributed by atoms with Crippen LogP contribution < -0.4 is 10.6 Å². The van der Waals surface area contributed by atoms with Crippen molar-refractivity contribution < 1.29 is 57.9 Å². The number of hydrogen-bond acceptors (Lipinski definition) is 13. The smallest absolute Gasteiger partial charge is 0.327 e. The van der Waals surface area contributed by atoms with Crippen molar-refractivity contribution in [2.45, 2.75) is 114 Å². The van der Waals surface area contributed by atoms with Gasteiger partial charge in [-0.2, -0.15) is 5.06 Å². The van der Waals surface area contributed by atoms with Crippen LogP contribution in [0, 0.1) is 5.41 Å². The van der Waals surface area contributed by atoms with Gasteiger partial charge in [-0.3, -0.25) is 24.0 Å². The second-order valence-corrected chi connectivity index (χ2v) is 16.1. The standard InChI is InChI=1S/C41H51N3O12/c1-39(2,3)53-32(48)12-11-29(24-46)43-31(47)13-15-42-38(50)41-22-30-33-34(55-40(54-33)20-27-9-4-5-10-28(27)21-40)36(41)56-44(35(41)37(49)52-30)23-26-8-6-7-25(19-26)14-17-51-18-16-45/h4-10,14,17,19,29-30,33-36,45-46H,11-13,15-16,18,20-24H2,1-3H3,(H,42,50)(H,43,47)/t29-,30+,33-,34-,35-,36+,41-/m0/s1. The molecule has 2 amide bonds. The van der Waals surface area contributed by atoms with Crippen molar-refractivity contribution >= 4 is 29.8 Å². The lowest BCUT2D eigenvalue weighted by molar-refractivity contribution is -0.217. The third-order valence-corrected chi connectivity index (χ3v) is 10.9. The Bertz CT molecular complexity index is 1800. The van der Waals surface area contributed by atoms with E-state index in [9.17, 15) is 24.3 Å². The van der Waals surface area contributed by atoms with Gasteiger partial charge in [-0.25, -0.2) is 0 Å². The molecular formula is C41H51N3O12. The maximum atomic E-state index is 14.6. The predicted octanol–water partition coefficient (Wildman–Crippen LogP) is 1.85. The zero-order valence-electron chi connectivity index (χ0n) is 31.9. The van der Waals surface area contributed by atoms with Crippen molar-refractivity contribution in [3.63, 3.8) is 0 Å². The van der Waals surface area contributed by atoms with E-state index < -0.39 is 77.1 Å². The molecule has 7 atom stereocenters. The molecular weight excluding hydrogens is 726 g/mol. The Morgan fingerprint density at radius 3 is 2.50 bits per heavy atom. The summed E-state index contributed by atoms with van der Waals surface area (Å²) in [6.07, 6.45) is 1.35. The van der Waals surface area contributed by atoms with E-state index in [1.807, 2.05) is 48.5 Å². The average molecular weight is 778 g/mol. The minimum absolute atomic E-state index is 0.0138. The fourth-order valence-electron chi connectivity index (χ4n) is 8.63. The zero-order chi connectivity index (χ0) is 39.7. The number of carbonyl (C=O) groups is 4. The summed E-state index contributed by atoms with van der Waals surface area (Å²) in [5.74, 6) is -2.95. The largest absolute Gasteiger partial charge is 0.499 e. The molecule has 2 aliphatic carbocycles. The van der Waals surface area contributed by atoms with Gasteiger partial charge in [0.2, 0.25) is 11.8 Å². The van der Waals surface area contributed by atoms with Crippen molar-refractivity contribution in [2.75, 3.05) is 26.4 Å². The highest BCUT2D eigenvalue weighted by atomic mass is 16.8. The Kier molecular flexibility index (Phi) is 11.5. The van der Waals surface area contributed by atoms with Crippen LogP contribution >= 0.6 is 0 Å². The molecule has 302 valence electrons. The van der Waals surface area contributed by atoms with Crippen LogP contribution in [0.15, 0.2) is 54.8 Å². The van der Waals surface area contributed by atoms with Gasteiger partial charge >= 0.3 is 11.9 Å². The summed E-state index contributed by atoms with van der Waals surface area (Å²) >= 11 is 0. The summed E-state index contributed by atoms with van der Waals surface area (Å²) < 4.78 is 30.2. The maximum Gasteiger partial charge on any atom is 0.327 e. The number of aliphatic hydroxyl groups is 2. The monoisotopic (exact) mass is 777 g/mol. The second kappa shape index (κ2) is 16.2. The van der Waals surface area contributed by atoms with Gasteiger partial charge < -0.3 is 44.5 Å². The molecule has 2 bridgehead atoms. The molecule has 0 unspecified atom stereocenters. The zero-order valence-corrected chi connectivity index (χ0v) is 31.9. The molecule has 3 saturated heterocycles. The van der Waals surface area contributed by atoms with Crippen molar-refractivity contribution in [2.24, 2.45) is 5.41 Å². The highest BCUT2D eigenvalue weighted by Crippen LogP contribution is 2.58. The van der Waals surface area contributed by atoms with Crippen molar-refractivity contribution in [3.05, 3.63) is 77.0 Å². The highest BCUT2D eigenvalue weighted by molar-refractivity contribution is 5.94. The van der Waals surface area contributed by atoms with Gasteiger partial charge in [-0.1, -0.05) is 48.5 Å². The third-order valence-electron chi connectivity index (χ3n) is 10.9. The van der Waals surface area contributed by atoms with E-state index in [2.05, 4.69) is 10.6 Å². The summed E-state index contributed by atoms with van der Waals surface area (Å²) in [5, 5.41) is 26.0. The first-order valence-electron chi connectivity index (χ1n) is 19.3. The minimum Gasteiger partial charge on any atom is -0.499 e. The number of aliphatic hydroxyl groups excluding tert-OH is 2. The number of ether oxygens (including phenoxy) is 5. The SMILES string of the molecule is CC(C)(C)OC(=O)CC[C@@H](CO)NC(=O)CCNC(=O)[C@@]12C[C@H]3OC(=O)[C@@H]1N(Cc1cccc(C=COCCO)c1)O[C@@H]2[C@H]1OC2(Cc4ccccc4C2)O[C@H]13. The second-order valence-electron chi connectivity index (χ2n) is 16.1. The number of carbonyl (C=O) groups excluding carboxylic acids is 4. The molecule has 3 heterocycles. The van der Waals surface area contributed by atoms with Gasteiger partial charge in [-0.05, 0) is 55.5 Å². The third kappa shape index (κ3) is 8.20. The van der Waals surface area contributed by atoms with E-state index in [1.54, 1.807) is 26.8 Å². The Labute approximate surface area is 325 Å². The van der Waals surface area contributed by atoms with Crippen molar-refractivity contribution in [3.8, 4) is 0 Å². The first-order chi connectivity index (χ1) is 26.8. The van der Waals surface area contributed by atoms with Gasteiger partial charge in [-0.15, -0.1) is 0 Å². The first-order valence-corrected chi connectivity index (χ1v) is 19.3. The lowest BCUT2D eigenvalue weighted by atomic mass is 9.62. The van der Waals surface area contributed by atoms with E-state index in [1.165, 1.54) is 11.3 Å². The number of hydrogen-bond donors (Lipinski definition) is 4. The number of fused-ring (bicyclic) bond motifs is 5. The molecule has 1 spiro atoms.